The molecule has 0 spiro atoms. The Labute approximate surface area is 197 Å². The average Bonchev–Trinajstić information content (AvgIpc) is 3.14. The van der Waals surface area contributed by atoms with Crippen LogP contribution in [0.25, 0.3) is 0 Å². The molecule has 1 saturated heterocycles. The predicted octanol–water partition coefficient (Wildman–Crippen LogP) is 4.26. The third-order valence-electron chi connectivity index (χ3n) is 5.85. The van der Waals surface area contributed by atoms with Crippen LogP contribution in [0.3, 0.4) is 0 Å². The zero-order chi connectivity index (χ0) is 24.2. The summed E-state index contributed by atoms with van der Waals surface area (Å²) in [6, 6.07) is 19.6. The van der Waals surface area contributed by atoms with Gasteiger partial charge in [-0.1, -0.05) is 12.1 Å². The van der Waals surface area contributed by atoms with Crippen molar-refractivity contribution in [1.29, 1.82) is 0 Å². The second kappa shape index (κ2) is 9.79. The summed E-state index contributed by atoms with van der Waals surface area (Å²) >= 11 is 0. The van der Waals surface area contributed by atoms with Crippen LogP contribution in [0, 0.1) is 5.92 Å². The number of hydrogen-bond acceptors (Lipinski definition) is 6. The van der Waals surface area contributed by atoms with Crippen LogP contribution in [0.5, 0.6) is 17.2 Å². The molecule has 174 valence electrons. The van der Waals surface area contributed by atoms with E-state index in [0.29, 0.717) is 40.7 Å². The molecule has 4 rings (SSSR count). The van der Waals surface area contributed by atoms with E-state index in [4.69, 9.17) is 14.2 Å². The summed E-state index contributed by atoms with van der Waals surface area (Å²) in [6.45, 7) is 2.37. The fraction of sp³-hybridized carbons (Fsp3) is 0.222. The molecule has 0 aromatic heterocycles. The fourth-order valence-electron chi connectivity index (χ4n) is 4.16. The molecule has 0 N–H and O–H groups in total. The van der Waals surface area contributed by atoms with Gasteiger partial charge in [0.1, 0.15) is 23.2 Å². The summed E-state index contributed by atoms with van der Waals surface area (Å²) in [6.07, 6.45) is 0. The first-order valence-corrected chi connectivity index (χ1v) is 10.9. The monoisotopic (exact) mass is 459 g/mol. The van der Waals surface area contributed by atoms with Crippen LogP contribution >= 0.6 is 0 Å². The van der Waals surface area contributed by atoms with Crippen molar-refractivity contribution in [3.05, 3.63) is 83.9 Å². The van der Waals surface area contributed by atoms with Gasteiger partial charge in [0.2, 0.25) is 5.78 Å². The molecule has 3 aromatic rings. The van der Waals surface area contributed by atoms with Gasteiger partial charge in [-0.15, -0.1) is 0 Å². The van der Waals surface area contributed by atoms with Crippen LogP contribution in [0.1, 0.15) is 28.9 Å². The van der Waals surface area contributed by atoms with Crippen molar-refractivity contribution in [3.8, 4) is 17.2 Å². The number of ketones is 2. The molecular weight excluding hydrogens is 434 g/mol. The average molecular weight is 459 g/mol. The lowest BCUT2D eigenvalue weighted by Gasteiger charge is -2.27. The lowest BCUT2D eigenvalue weighted by molar-refractivity contribution is -0.135. The first kappa shape index (κ1) is 23.0. The van der Waals surface area contributed by atoms with Gasteiger partial charge in [-0.05, 0) is 73.2 Å². The Hall–Kier alpha value is -4.13. The van der Waals surface area contributed by atoms with Crippen LogP contribution in [-0.4, -0.2) is 38.3 Å². The van der Waals surface area contributed by atoms with Crippen LogP contribution < -0.4 is 19.1 Å². The summed E-state index contributed by atoms with van der Waals surface area (Å²) in [5, 5.41) is 0. The Kier molecular flexibility index (Phi) is 6.63. The molecule has 3 aromatic carbocycles. The SMILES string of the molecule is CCOc1ccc(C(=O)C2C(=O)C(=O)N(c3ccc(OC)cc3)C2c2ccc(OC)cc2)cc1. The van der Waals surface area contributed by atoms with Gasteiger partial charge < -0.3 is 14.2 Å². The maximum absolute atomic E-state index is 13.6. The van der Waals surface area contributed by atoms with Crippen molar-refractivity contribution in [2.24, 2.45) is 5.92 Å². The number of methoxy groups -OCH3 is 2. The Morgan fingerprint density at radius 2 is 1.32 bits per heavy atom. The van der Waals surface area contributed by atoms with Gasteiger partial charge in [0, 0.05) is 11.3 Å². The summed E-state index contributed by atoms with van der Waals surface area (Å²) in [4.78, 5) is 41.4. The van der Waals surface area contributed by atoms with Gasteiger partial charge in [0.25, 0.3) is 5.91 Å². The van der Waals surface area contributed by atoms with Crippen LogP contribution in [-0.2, 0) is 9.59 Å². The van der Waals surface area contributed by atoms with Crippen molar-refractivity contribution in [3.63, 3.8) is 0 Å². The van der Waals surface area contributed by atoms with E-state index in [0.717, 1.165) is 0 Å². The fourth-order valence-corrected chi connectivity index (χ4v) is 4.16. The molecule has 1 amide bonds. The van der Waals surface area contributed by atoms with Crippen molar-refractivity contribution >= 4 is 23.2 Å². The zero-order valence-electron chi connectivity index (χ0n) is 19.2. The molecule has 1 aliphatic rings. The number of nitrogens with zero attached hydrogens (tertiary/aromatic N) is 1. The van der Waals surface area contributed by atoms with Crippen LogP contribution in [0.15, 0.2) is 72.8 Å². The quantitative estimate of drug-likeness (QED) is 0.284. The lowest BCUT2D eigenvalue weighted by Crippen LogP contribution is -2.30. The number of rotatable bonds is 8. The van der Waals surface area contributed by atoms with E-state index in [9.17, 15) is 14.4 Å². The second-order valence-corrected chi connectivity index (χ2v) is 7.75. The molecule has 1 aliphatic heterocycles. The molecule has 2 atom stereocenters. The van der Waals surface area contributed by atoms with Gasteiger partial charge >= 0.3 is 0 Å². The van der Waals surface area contributed by atoms with E-state index >= 15 is 0 Å². The highest BCUT2D eigenvalue weighted by Crippen LogP contribution is 2.42. The van der Waals surface area contributed by atoms with E-state index < -0.39 is 29.4 Å². The van der Waals surface area contributed by atoms with Gasteiger partial charge in [0.15, 0.2) is 5.78 Å². The Bertz CT molecular complexity index is 1190. The molecule has 34 heavy (non-hydrogen) atoms. The standard InChI is InChI=1S/C27H25NO6/c1-4-34-22-13-7-18(8-14-22)25(29)23-24(17-5-11-20(32-2)12-6-17)28(27(31)26(23)30)19-9-15-21(33-3)16-10-19/h5-16,23-24H,4H2,1-3H3. The first-order valence-electron chi connectivity index (χ1n) is 10.9. The van der Waals surface area contributed by atoms with Gasteiger partial charge in [-0.3, -0.25) is 19.3 Å². The Morgan fingerprint density at radius 3 is 1.85 bits per heavy atom. The van der Waals surface area contributed by atoms with Crippen molar-refractivity contribution < 1.29 is 28.6 Å². The molecule has 2 unspecified atom stereocenters. The largest absolute Gasteiger partial charge is 0.497 e. The highest BCUT2D eigenvalue weighted by molar-refractivity contribution is 6.49. The summed E-state index contributed by atoms with van der Waals surface area (Å²) in [5.74, 6) is -1.21. The third kappa shape index (κ3) is 4.24. The summed E-state index contributed by atoms with van der Waals surface area (Å²) in [7, 11) is 3.10. The minimum atomic E-state index is -1.19. The number of carbonyl (C=O) groups excluding carboxylic acids is 3. The number of benzene rings is 3. The molecule has 0 saturated carbocycles. The first-order chi connectivity index (χ1) is 16.5. The smallest absolute Gasteiger partial charge is 0.295 e. The number of carbonyl (C=O) groups is 3. The molecule has 7 nitrogen and oxygen atoms in total. The maximum atomic E-state index is 13.6. The minimum absolute atomic E-state index is 0.338. The van der Waals surface area contributed by atoms with E-state index in [2.05, 4.69) is 0 Å². The summed E-state index contributed by atoms with van der Waals surface area (Å²) < 4.78 is 15.9. The highest BCUT2D eigenvalue weighted by Gasteiger charge is 2.52. The van der Waals surface area contributed by atoms with Crippen molar-refractivity contribution in [1.82, 2.24) is 0 Å². The van der Waals surface area contributed by atoms with Gasteiger partial charge in [-0.2, -0.15) is 0 Å². The number of amides is 1. The van der Waals surface area contributed by atoms with Crippen LogP contribution in [0.4, 0.5) is 5.69 Å². The van der Waals surface area contributed by atoms with Gasteiger partial charge in [-0.25, -0.2) is 0 Å². The van der Waals surface area contributed by atoms with E-state index in [1.54, 1.807) is 87.0 Å². The van der Waals surface area contributed by atoms with Gasteiger partial charge in [0.05, 0.1) is 26.9 Å². The molecule has 1 fully saturated rings. The van der Waals surface area contributed by atoms with Crippen molar-refractivity contribution in [2.75, 3.05) is 25.7 Å². The van der Waals surface area contributed by atoms with E-state index in [1.165, 1.54) is 4.90 Å². The van der Waals surface area contributed by atoms with E-state index in [1.807, 2.05) is 6.92 Å². The molecule has 0 bridgehead atoms. The minimum Gasteiger partial charge on any atom is -0.497 e. The molecule has 1 heterocycles. The summed E-state index contributed by atoms with van der Waals surface area (Å²) in [5.41, 5.74) is 1.49. The number of Topliss-reactive ketones (excluding diaryl/α,β-unsaturated/α-hetero) is 2. The maximum Gasteiger partial charge on any atom is 0.295 e. The number of anilines is 1. The van der Waals surface area contributed by atoms with E-state index in [-0.39, 0.29) is 0 Å². The topological polar surface area (TPSA) is 82.1 Å². The molecular formula is C27H25NO6. The third-order valence-corrected chi connectivity index (χ3v) is 5.85. The molecule has 0 aliphatic carbocycles. The van der Waals surface area contributed by atoms with Crippen molar-refractivity contribution in [2.45, 2.75) is 13.0 Å². The predicted molar refractivity (Wildman–Crippen MR) is 127 cm³/mol. The Morgan fingerprint density at radius 1 is 0.794 bits per heavy atom. The molecule has 0 radical (unpaired) electrons. The number of ether oxygens (including phenoxy) is 3. The highest BCUT2D eigenvalue weighted by atomic mass is 16.5. The molecule has 7 heteroatoms. The van der Waals surface area contributed by atoms with Crippen LogP contribution in [0.2, 0.25) is 0 Å². The normalized spacial score (nSPS) is 17.6. The Balaban J connectivity index is 1.78. The zero-order valence-corrected chi connectivity index (χ0v) is 19.2. The number of hydrogen-bond donors (Lipinski definition) is 0. The second-order valence-electron chi connectivity index (χ2n) is 7.75. The lowest BCUT2D eigenvalue weighted by atomic mass is 9.86.